The molecule has 2 aromatic rings. The van der Waals surface area contributed by atoms with Gasteiger partial charge in [0.25, 0.3) is 0 Å². The van der Waals surface area contributed by atoms with E-state index < -0.39 is 28.0 Å². The van der Waals surface area contributed by atoms with Crippen molar-refractivity contribution in [2.24, 2.45) is 7.05 Å². The first-order valence-electron chi connectivity index (χ1n) is 7.57. The van der Waals surface area contributed by atoms with Crippen LogP contribution in [0.4, 0.5) is 10.1 Å². The minimum atomic E-state index is -3.56. The average molecular weight is 402 g/mol. The Morgan fingerprint density at radius 2 is 2.15 bits per heavy atom. The van der Waals surface area contributed by atoms with E-state index in [-0.39, 0.29) is 17.2 Å². The normalized spacial score (nSPS) is 12.6. The summed E-state index contributed by atoms with van der Waals surface area (Å²) in [7, 11) is -1.88. The van der Waals surface area contributed by atoms with Gasteiger partial charge >= 0.3 is 0 Å². The number of hydrogen-bond donors (Lipinski definition) is 2. The van der Waals surface area contributed by atoms with Crippen LogP contribution < -0.4 is 4.31 Å². The highest BCUT2D eigenvalue weighted by atomic mass is 32.2. The van der Waals surface area contributed by atoms with Gasteiger partial charge in [-0.05, 0) is 13.8 Å². The molecule has 0 fully saturated rings. The second-order valence-corrected chi connectivity index (χ2v) is 8.61. The van der Waals surface area contributed by atoms with Crippen molar-refractivity contribution in [3.05, 3.63) is 28.5 Å². The molecule has 2 N–H and O–H groups in total. The van der Waals surface area contributed by atoms with Crippen LogP contribution in [0, 0.1) is 10.8 Å². The maximum absolute atomic E-state index is 13.0. The van der Waals surface area contributed by atoms with Crippen LogP contribution in [0.15, 0.2) is 18.6 Å². The van der Waals surface area contributed by atoms with Crippen LogP contribution in [0.2, 0.25) is 0 Å². The van der Waals surface area contributed by atoms with Gasteiger partial charge in [0.05, 0.1) is 30.4 Å². The standard InChI is InChI=1S/C14H19FN6O3S2/c1-4-26(22,23)21(10-5-19-20(3)7-10)8-12-18-6-11(25-12)14(17)24-13(16)9(2)15/h5-7,9,16-17H,4,8H2,1-3H3. The molecule has 0 saturated heterocycles. The predicted molar refractivity (Wildman–Crippen MR) is 97.2 cm³/mol. The topological polar surface area (TPSA) is 125 Å². The van der Waals surface area contributed by atoms with Crippen LogP contribution in [0.3, 0.4) is 0 Å². The zero-order chi connectivity index (χ0) is 19.5. The summed E-state index contributed by atoms with van der Waals surface area (Å²) >= 11 is 1.04. The fraction of sp³-hybridized carbons (Fsp3) is 0.429. The number of nitrogens with one attached hydrogen (secondary N) is 2. The van der Waals surface area contributed by atoms with E-state index in [0.717, 1.165) is 18.3 Å². The molecule has 0 spiro atoms. The first kappa shape index (κ1) is 20.0. The predicted octanol–water partition coefficient (Wildman–Crippen LogP) is 1.91. The highest BCUT2D eigenvalue weighted by Crippen LogP contribution is 2.23. The van der Waals surface area contributed by atoms with Crippen molar-refractivity contribution in [1.29, 1.82) is 10.8 Å². The van der Waals surface area contributed by atoms with Gasteiger partial charge in [-0.3, -0.25) is 19.8 Å². The van der Waals surface area contributed by atoms with Gasteiger partial charge < -0.3 is 4.74 Å². The lowest BCUT2D eigenvalue weighted by atomic mass is 10.4. The Hall–Kier alpha value is -2.34. The van der Waals surface area contributed by atoms with E-state index >= 15 is 0 Å². The van der Waals surface area contributed by atoms with E-state index in [1.165, 1.54) is 21.4 Å². The van der Waals surface area contributed by atoms with Crippen molar-refractivity contribution >= 4 is 38.8 Å². The van der Waals surface area contributed by atoms with Crippen molar-refractivity contribution in [2.75, 3.05) is 10.1 Å². The van der Waals surface area contributed by atoms with Gasteiger partial charge in [-0.1, -0.05) is 0 Å². The van der Waals surface area contributed by atoms with Crippen molar-refractivity contribution < 1.29 is 17.5 Å². The summed E-state index contributed by atoms with van der Waals surface area (Å²) in [5, 5.41) is 19.5. The average Bonchev–Trinajstić information content (AvgIpc) is 3.21. The molecule has 0 saturated carbocycles. The molecule has 26 heavy (non-hydrogen) atoms. The summed E-state index contributed by atoms with van der Waals surface area (Å²) in [5.41, 5.74) is 0.408. The van der Waals surface area contributed by atoms with Crippen molar-refractivity contribution in [3.8, 4) is 0 Å². The van der Waals surface area contributed by atoms with E-state index in [1.807, 2.05) is 0 Å². The number of nitrogens with zero attached hydrogens (tertiary/aromatic N) is 4. The number of thiazole rings is 1. The van der Waals surface area contributed by atoms with Gasteiger partial charge in [-0.25, -0.2) is 17.8 Å². The van der Waals surface area contributed by atoms with E-state index in [0.29, 0.717) is 10.7 Å². The van der Waals surface area contributed by atoms with Crippen LogP contribution in [0.5, 0.6) is 0 Å². The second-order valence-electron chi connectivity index (χ2n) is 5.31. The van der Waals surface area contributed by atoms with Crippen LogP contribution in [0.1, 0.15) is 23.7 Å². The van der Waals surface area contributed by atoms with Crippen LogP contribution >= 0.6 is 11.3 Å². The maximum atomic E-state index is 13.0. The molecule has 12 heteroatoms. The third-order valence-electron chi connectivity index (χ3n) is 3.31. The molecule has 0 aliphatic carbocycles. The lowest BCUT2D eigenvalue weighted by molar-refractivity contribution is 0.384. The number of alkyl halides is 1. The zero-order valence-electron chi connectivity index (χ0n) is 14.4. The number of aromatic nitrogens is 3. The Balaban J connectivity index is 2.21. The maximum Gasteiger partial charge on any atom is 0.235 e. The van der Waals surface area contributed by atoms with Gasteiger partial charge in [0.15, 0.2) is 6.17 Å². The molecule has 142 valence electrons. The number of rotatable bonds is 7. The van der Waals surface area contributed by atoms with Crippen LogP contribution in [-0.4, -0.2) is 46.9 Å². The number of ether oxygens (including phenoxy) is 1. The minimum Gasteiger partial charge on any atom is -0.421 e. The molecule has 0 bridgehead atoms. The summed E-state index contributed by atoms with van der Waals surface area (Å²) in [6, 6.07) is 0. The number of anilines is 1. The number of sulfonamides is 1. The summed E-state index contributed by atoms with van der Waals surface area (Å²) in [5.74, 6) is -1.17. The Labute approximate surface area is 154 Å². The highest BCUT2D eigenvalue weighted by Gasteiger charge is 2.24. The molecule has 0 aliphatic heterocycles. The third kappa shape index (κ3) is 4.64. The number of hydrogen-bond acceptors (Lipinski definition) is 8. The molecule has 1 atom stereocenters. The van der Waals surface area contributed by atoms with Crippen molar-refractivity contribution in [1.82, 2.24) is 14.8 Å². The second kappa shape index (κ2) is 7.91. The zero-order valence-corrected chi connectivity index (χ0v) is 16.1. The van der Waals surface area contributed by atoms with E-state index in [4.69, 9.17) is 15.6 Å². The lowest BCUT2D eigenvalue weighted by Crippen LogP contribution is -2.31. The lowest BCUT2D eigenvalue weighted by Gasteiger charge is -2.20. The third-order valence-corrected chi connectivity index (χ3v) is 6.03. The van der Waals surface area contributed by atoms with Gasteiger partial charge in [-0.2, -0.15) is 5.10 Å². The quantitative estimate of drug-likeness (QED) is 0.541. The van der Waals surface area contributed by atoms with Gasteiger partial charge in [-0.15, -0.1) is 11.3 Å². The Morgan fingerprint density at radius 3 is 2.69 bits per heavy atom. The molecule has 0 aliphatic rings. The van der Waals surface area contributed by atoms with Gasteiger partial charge in [0.2, 0.25) is 21.8 Å². The fourth-order valence-electron chi connectivity index (χ4n) is 1.90. The molecular weight excluding hydrogens is 383 g/mol. The first-order valence-corrected chi connectivity index (χ1v) is 9.99. The van der Waals surface area contributed by atoms with E-state index in [1.54, 1.807) is 20.2 Å². The molecule has 1 unspecified atom stereocenters. The van der Waals surface area contributed by atoms with Crippen LogP contribution in [-0.2, 0) is 28.4 Å². The molecule has 2 aromatic heterocycles. The van der Waals surface area contributed by atoms with Crippen molar-refractivity contribution in [3.63, 3.8) is 0 Å². The SMILES string of the molecule is CCS(=O)(=O)N(Cc1ncc(C(=N)OC(=N)C(C)F)s1)c1cnn(C)c1. The molecule has 2 heterocycles. The fourth-order valence-corrected chi connectivity index (χ4v) is 3.82. The molecule has 0 amide bonds. The minimum absolute atomic E-state index is 0.0310. The van der Waals surface area contributed by atoms with E-state index in [2.05, 4.69) is 10.1 Å². The van der Waals surface area contributed by atoms with Crippen molar-refractivity contribution in [2.45, 2.75) is 26.6 Å². The van der Waals surface area contributed by atoms with Gasteiger partial charge in [0, 0.05) is 13.2 Å². The number of aryl methyl sites for hydroxylation is 1. The molecule has 0 aromatic carbocycles. The number of halogens is 1. The summed E-state index contributed by atoms with van der Waals surface area (Å²) in [6.45, 7) is 2.64. The van der Waals surface area contributed by atoms with Crippen LogP contribution in [0.25, 0.3) is 0 Å². The summed E-state index contributed by atoms with van der Waals surface area (Å²) < 4.78 is 45.3. The monoisotopic (exact) mass is 402 g/mol. The molecule has 2 rings (SSSR count). The smallest absolute Gasteiger partial charge is 0.235 e. The molecule has 9 nitrogen and oxygen atoms in total. The Morgan fingerprint density at radius 1 is 1.46 bits per heavy atom. The molecule has 0 radical (unpaired) electrons. The summed E-state index contributed by atoms with van der Waals surface area (Å²) in [4.78, 5) is 4.38. The van der Waals surface area contributed by atoms with E-state index in [9.17, 15) is 12.8 Å². The Kier molecular flexibility index (Phi) is 6.08. The Bertz CT molecular complexity index is 905. The van der Waals surface area contributed by atoms with Gasteiger partial charge in [0.1, 0.15) is 9.88 Å². The summed E-state index contributed by atoms with van der Waals surface area (Å²) in [6.07, 6.45) is 2.73. The largest absolute Gasteiger partial charge is 0.421 e. The molecular formula is C14H19FN6O3S2. The highest BCUT2D eigenvalue weighted by molar-refractivity contribution is 7.92. The first-order chi connectivity index (χ1) is 12.1.